The van der Waals surface area contributed by atoms with E-state index in [1.54, 1.807) is 24.8 Å². The summed E-state index contributed by atoms with van der Waals surface area (Å²) in [6.45, 7) is 4.11. The lowest BCUT2D eigenvalue weighted by molar-refractivity contribution is -0.115. The smallest absolute Gasteiger partial charge is 0.341 e. The maximum atomic E-state index is 11.8. The number of aryl methyl sites for hydroxylation is 1. The van der Waals surface area contributed by atoms with Gasteiger partial charge in [0.05, 0.1) is 12.2 Å². The quantitative estimate of drug-likeness (QED) is 0.786. The number of rotatable bonds is 7. The molecule has 6 heteroatoms. The highest BCUT2D eigenvalue weighted by atomic mass is 32.2. The Kier molecular flexibility index (Phi) is 6.94. The zero-order chi connectivity index (χ0) is 14.3. The van der Waals surface area contributed by atoms with E-state index in [-0.39, 0.29) is 11.9 Å². The van der Waals surface area contributed by atoms with Crippen molar-refractivity contribution in [3.63, 3.8) is 0 Å². The Morgan fingerprint density at radius 2 is 2.16 bits per heavy atom. The Balaban J connectivity index is 2.82. The normalized spacial score (nSPS) is 10.3. The molecule has 0 unspecified atom stereocenters. The lowest BCUT2D eigenvalue weighted by Gasteiger charge is -2.05. The molecule has 1 rings (SSSR count). The third kappa shape index (κ3) is 4.87. The Morgan fingerprint density at radius 1 is 1.42 bits per heavy atom. The van der Waals surface area contributed by atoms with E-state index in [4.69, 9.17) is 4.74 Å². The molecule has 0 spiro atoms. The number of amides is 1. The molecule has 0 aliphatic rings. The molecule has 1 aromatic heterocycles. The molecule has 19 heavy (non-hydrogen) atoms. The fourth-order valence-corrected chi connectivity index (χ4v) is 2.84. The molecule has 106 valence electrons. The predicted molar refractivity (Wildman–Crippen MR) is 81.3 cm³/mol. The van der Waals surface area contributed by atoms with E-state index < -0.39 is 0 Å². The SMILES string of the molecule is CCOC(=O)c1cc(CC)sc1NC(=O)CCSC. The van der Waals surface area contributed by atoms with Crippen molar-refractivity contribution in [3.05, 3.63) is 16.5 Å². The van der Waals surface area contributed by atoms with Crippen LogP contribution in [0.15, 0.2) is 6.07 Å². The van der Waals surface area contributed by atoms with Crippen LogP contribution in [0.4, 0.5) is 5.00 Å². The van der Waals surface area contributed by atoms with Gasteiger partial charge in [0.25, 0.3) is 0 Å². The summed E-state index contributed by atoms with van der Waals surface area (Å²) in [5, 5.41) is 3.40. The number of ether oxygens (including phenoxy) is 1. The minimum atomic E-state index is -0.376. The number of esters is 1. The Labute approximate surface area is 121 Å². The van der Waals surface area contributed by atoms with Crippen LogP contribution in [0.3, 0.4) is 0 Å². The van der Waals surface area contributed by atoms with E-state index in [9.17, 15) is 9.59 Å². The van der Waals surface area contributed by atoms with Gasteiger partial charge in [-0.05, 0) is 25.7 Å². The average molecular weight is 301 g/mol. The van der Waals surface area contributed by atoms with Gasteiger partial charge < -0.3 is 10.1 Å². The first-order chi connectivity index (χ1) is 9.12. The summed E-state index contributed by atoms with van der Waals surface area (Å²) >= 11 is 3.06. The molecule has 1 N–H and O–H groups in total. The molecule has 0 aliphatic carbocycles. The monoisotopic (exact) mass is 301 g/mol. The summed E-state index contributed by atoms with van der Waals surface area (Å²) in [5.41, 5.74) is 0.459. The van der Waals surface area contributed by atoms with Crippen molar-refractivity contribution >= 4 is 40.0 Å². The van der Waals surface area contributed by atoms with Crippen LogP contribution in [0.2, 0.25) is 0 Å². The van der Waals surface area contributed by atoms with Crippen molar-refractivity contribution in [2.75, 3.05) is 23.9 Å². The van der Waals surface area contributed by atoms with E-state index in [0.29, 0.717) is 23.6 Å². The highest BCUT2D eigenvalue weighted by molar-refractivity contribution is 7.98. The number of nitrogens with one attached hydrogen (secondary N) is 1. The van der Waals surface area contributed by atoms with Crippen LogP contribution in [-0.4, -0.2) is 30.5 Å². The van der Waals surface area contributed by atoms with Gasteiger partial charge in [-0.1, -0.05) is 6.92 Å². The number of hydrogen-bond acceptors (Lipinski definition) is 5. The minimum absolute atomic E-state index is 0.0654. The second-order valence-corrected chi connectivity index (χ2v) is 5.94. The molecule has 0 aromatic carbocycles. The standard InChI is InChI=1S/C13H19NO3S2/c1-4-9-8-10(13(16)17-5-2)12(19-9)14-11(15)6-7-18-3/h8H,4-7H2,1-3H3,(H,14,15). The zero-order valence-corrected chi connectivity index (χ0v) is 13.1. The van der Waals surface area contributed by atoms with Crippen molar-refractivity contribution in [1.29, 1.82) is 0 Å². The van der Waals surface area contributed by atoms with Gasteiger partial charge in [-0.15, -0.1) is 11.3 Å². The maximum absolute atomic E-state index is 11.8. The number of hydrogen-bond donors (Lipinski definition) is 1. The van der Waals surface area contributed by atoms with Crippen molar-refractivity contribution in [3.8, 4) is 0 Å². The first-order valence-electron chi connectivity index (χ1n) is 6.20. The first kappa shape index (κ1) is 16.0. The number of carbonyl (C=O) groups is 2. The van der Waals surface area contributed by atoms with Crippen LogP contribution in [0.25, 0.3) is 0 Å². The van der Waals surface area contributed by atoms with Gasteiger partial charge >= 0.3 is 5.97 Å². The zero-order valence-electron chi connectivity index (χ0n) is 11.4. The van der Waals surface area contributed by atoms with Gasteiger partial charge in [-0.2, -0.15) is 11.8 Å². The number of anilines is 1. The van der Waals surface area contributed by atoms with Crippen LogP contribution in [0, 0.1) is 0 Å². The van der Waals surface area contributed by atoms with Gasteiger partial charge in [0.2, 0.25) is 5.91 Å². The number of thiophene rings is 1. The van der Waals surface area contributed by atoms with E-state index >= 15 is 0 Å². The summed E-state index contributed by atoms with van der Waals surface area (Å²) in [4.78, 5) is 24.6. The van der Waals surface area contributed by atoms with Crippen molar-refractivity contribution < 1.29 is 14.3 Å². The molecule has 0 bridgehead atoms. The number of thioether (sulfide) groups is 1. The molecule has 0 fully saturated rings. The summed E-state index contributed by atoms with van der Waals surface area (Å²) in [6.07, 6.45) is 3.23. The highest BCUT2D eigenvalue weighted by Crippen LogP contribution is 2.29. The Morgan fingerprint density at radius 3 is 2.74 bits per heavy atom. The second-order valence-electron chi connectivity index (χ2n) is 3.82. The van der Waals surface area contributed by atoms with E-state index in [0.717, 1.165) is 17.1 Å². The largest absolute Gasteiger partial charge is 0.462 e. The molecular weight excluding hydrogens is 282 g/mol. The van der Waals surface area contributed by atoms with Gasteiger partial charge in [0.1, 0.15) is 5.00 Å². The molecule has 1 heterocycles. The van der Waals surface area contributed by atoms with E-state index in [2.05, 4.69) is 5.32 Å². The average Bonchev–Trinajstić information content (AvgIpc) is 2.79. The molecule has 4 nitrogen and oxygen atoms in total. The highest BCUT2D eigenvalue weighted by Gasteiger charge is 2.18. The van der Waals surface area contributed by atoms with Gasteiger partial charge in [-0.25, -0.2) is 4.79 Å². The molecule has 0 saturated heterocycles. The second kappa shape index (κ2) is 8.22. The molecule has 0 saturated carbocycles. The molecule has 1 amide bonds. The van der Waals surface area contributed by atoms with Gasteiger partial charge in [0.15, 0.2) is 0 Å². The van der Waals surface area contributed by atoms with Crippen molar-refractivity contribution in [2.45, 2.75) is 26.7 Å². The van der Waals surface area contributed by atoms with Crippen LogP contribution in [-0.2, 0) is 16.0 Å². The van der Waals surface area contributed by atoms with Crippen molar-refractivity contribution in [2.24, 2.45) is 0 Å². The van der Waals surface area contributed by atoms with E-state index in [1.165, 1.54) is 11.3 Å². The third-order valence-corrected chi connectivity index (χ3v) is 4.22. The maximum Gasteiger partial charge on any atom is 0.341 e. The van der Waals surface area contributed by atoms with Gasteiger partial charge in [-0.3, -0.25) is 4.79 Å². The Hall–Kier alpha value is -1.01. The number of carbonyl (C=O) groups excluding carboxylic acids is 2. The van der Waals surface area contributed by atoms with Crippen LogP contribution in [0.1, 0.15) is 35.5 Å². The van der Waals surface area contributed by atoms with Crippen LogP contribution in [0.5, 0.6) is 0 Å². The topological polar surface area (TPSA) is 55.4 Å². The summed E-state index contributed by atoms with van der Waals surface area (Å²) in [7, 11) is 0. The first-order valence-corrected chi connectivity index (χ1v) is 8.42. The van der Waals surface area contributed by atoms with Gasteiger partial charge in [0, 0.05) is 17.1 Å². The lowest BCUT2D eigenvalue weighted by atomic mass is 10.2. The fourth-order valence-electron chi connectivity index (χ4n) is 1.45. The molecule has 0 radical (unpaired) electrons. The third-order valence-electron chi connectivity index (χ3n) is 2.41. The predicted octanol–water partition coefficient (Wildman–Crippen LogP) is 3.18. The summed E-state index contributed by atoms with van der Waals surface area (Å²) < 4.78 is 5.00. The molecule has 1 aromatic rings. The van der Waals surface area contributed by atoms with Crippen molar-refractivity contribution in [1.82, 2.24) is 0 Å². The van der Waals surface area contributed by atoms with E-state index in [1.807, 2.05) is 13.2 Å². The summed E-state index contributed by atoms with van der Waals surface area (Å²) in [5.74, 6) is 0.329. The minimum Gasteiger partial charge on any atom is -0.462 e. The van der Waals surface area contributed by atoms with Crippen LogP contribution < -0.4 is 5.32 Å². The fraction of sp³-hybridized carbons (Fsp3) is 0.538. The Bertz CT molecular complexity index is 443. The molecule has 0 atom stereocenters. The molecule has 0 aliphatic heterocycles. The summed E-state index contributed by atoms with van der Waals surface area (Å²) in [6, 6.07) is 1.80. The van der Waals surface area contributed by atoms with Crippen LogP contribution >= 0.6 is 23.1 Å². The lowest BCUT2D eigenvalue weighted by Crippen LogP contribution is -2.14. The molecular formula is C13H19NO3S2.